The van der Waals surface area contributed by atoms with Crippen molar-refractivity contribution in [3.05, 3.63) is 59.7 Å². The summed E-state index contributed by atoms with van der Waals surface area (Å²) >= 11 is 0. The van der Waals surface area contributed by atoms with E-state index in [0.717, 1.165) is 37.1 Å². The average Bonchev–Trinajstić information content (AvgIpc) is 2.74. The highest BCUT2D eigenvalue weighted by molar-refractivity contribution is 5.68. The van der Waals surface area contributed by atoms with Gasteiger partial charge in [-0.2, -0.15) is 5.26 Å². The zero-order valence-corrected chi connectivity index (χ0v) is 18.1. The summed E-state index contributed by atoms with van der Waals surface area (Å²) in [6.07, 6.45) is 1.81. The highest BCUT2D eigenvalue weighted by Gasteiger charge is 2.26. The first-order chi connectivity index (χ1) is 14.4. The number of carbonyl (C=O) groups is 1. The fourth-order valence-electron chi connectivity index (χ4n) is 4.00. The van der Waals surface area contributed by atoms with Gasteiger partial charge in [-0.25, -0.2) is 4.79 Å². The van der Waals surface area contributed by atoms with E-state index in [1.807, 2.05) is 45.0 Å². The maximum Gasteiger partial charge on any atom is 0.407 e. The molecule has 1 atom stereocenters. The van der Waals surface area contributed by atoms with Gasteiger partial charge in [-0.1, -0.05) is 36.4 Å². The topological polar surface area (TPSA) is 74.1 Å². The number of hydrogen-bond acceptors (Lipinski definition) is 4. The van der Waals surface area contributed by atoms with Gasteiger partial charge < -0.3 is 15.4 Å². The van der Waals surface area contributed by atoms with E-state index in [4.69, 9.17) is 10.00 Å². The fraction of sp³-hybridized carbons (Fsp3) is 0.440. The smallest absolute Gasteiger partial charge is 0.407 e. The summed E-state index contributed by atoms with van der Waals surface area (Å²) in [6, 6.07) is 18.3. The van der Waals surface area contributed by atoms with Gasteiger partial charge in [-0.15, -0.1) is 0 Å². The van der Waals surface area contributed by atoms with Crippen LogP contribution < -0.4 is 10.6 Å². The second kappa shape index (κ2) is 9.77. The van der Waals surface area contributed by atoms with Crippen LogP contribution in [0.4, 0.5) is 4.79 Å². The molecule has 158 valence electrons. The van der Waals surface area contributed by atoms with E-state index in [2.05, 4.69) is 41.0 Å². The van der Waals surface area contributed by atoms with Crippen molar-refractivity contribution < 1.29 is 9.53 Å². The molecule has 0 aliphatic carbocycles. The van der Waals surface area contributed by atoms with Gasteiger partial charge in [0.2, 0.25) is 0 Å². The number of nitrogens with one attached hydrogen (secondary N) is 2. The van der Waals surface area contributed by atoms with Crippen LogP contribution in [0, 0.1) is 17.2 Å². The number of carbonyl (C=O) groups excluding carboxylic acids is 1. The molecular formula is C25H31N3O2. The standard InChI is InChI=1S/C25H31N3O2/c1-25(2,3)30-24(29)28-17-23(21-11-13-27-14-12-21)20-9-7-19(8-10-20)22-6-4-5-18(15-22)16-26/h4-10,15,21,23,27H,11-14,17H2,1-3H3,(H,28,29). The number of nitrogens with zero attached hydrogens (tertiary/aromatic N) is 1. The predicted octanol–water partition coefficient (Wildman–Crippen LogP) is 4.83. The van der Waals surface area contributed by atoms with Gasteiger partial charge in [0.1, 0.15) is 5.60 Å². The molecule has 1 aliphatic rings. The Morgan fingerprint density at radius 1 is 1.17 bits per heavy atom. The summed E-state index contributed by atoms with van der Waals surface area (Å²) < 4.78 is 5.42. The van der Waals surface area contributed by atoms with Gasteiger partial charge in [0, 0.05) is 12.5 Å². The van der Waals surface area contributed by atoms with Crippen molar-refractivity contribution in [2.24, 2.45) is 5.92 Å². The fourth-order valence-corrected chi connectivity index (χ4v) is 4.00. The summed E-state index contributed by atoms with van der Waals surface area (Å²) in [5.74, 6) is 0.744. The Kier molecular flexibility index (Phi) is 7.12. The molecule has 5 heteroatoms. The molecule has 2 aromatic rings. The van der Waals surface area contributed by atoms with Crippen LogP contribution in [-0.2, 0) is 4.74 Å². The second-order valence-electron chi connectivity index (χ2n) is 8.89. The van der Waals surface area contributed by atoms with E-state index in [9.17, 15) is 4.79 Å². The number of amides is 1. The average molecular weight is 406 g/mol. The molecule has 1 fully saturated rings. The van der Waals surface area contributed by atoms with Crippen molar-refractivity contribution >= 4 is 6.09 Å². The van der Waals surface area contributed by atoms with Crippen molar-refractivity contribution in [2.45, 2.75) is 45.1 Å². The maximum atomic E-state index is 12.2. The SMILES string of the molecule is CC(C)(C)OC(=O)NCC(c1ccc(-c2cccc(C#N)c2)cc1)C1CCNCC1. The van der Waals surface area contributed by atoms with Gasteiger partial charge >= 0.3 is 6.09 Å². The van der Waals surface area contributed by atoms with Gasteiger partial charge in [-0.05, 0) is 81.4 Å². The lowest BCUT2D eigenvalue weighted by atomic mass is 9.80. The zero-order chi connectivity index (χ0) is 21.6. The summed E-state index contributed by atoms with van der Waals surface area (Å²) in [6.45, 7) is 8.19. The monoisotopic (exact) mass is 405 g/mol. The first kappa shape index (κ1) is 21.9. The highest BCUT2D eigenvalue weighted by Crippen LogP contribution is 2.32. The number of rotatable bonds is 5. The minimum absolute atomic E-state index is 0.235. The molecule has 0 spiro atoms. The quantitative estimate of drug-likeness (QED) is 0.747. The number of ether oxygens (including phenoxy) is 1. The summed E-state index contributed by atoms with van der Waals surface area (Å²) in [5, 5.41) is 15.5. The second-order valence-corrected chi connectivity index (χ2v) is 8.89. The highest BCUT2D eigenvalue weighted by atomic mass is 16.6. The van der Waals surface area contributed by atoms with Crippen molar-refractivity contribution in [3.63, 3.8) is 0 Å². The van der Waals surface area contributed by atoms with Gasteiger partial charge in [-0.3, -0.25) is 0 Å². The lowest BCUT2D eigenvalue weighted by Crippen LogP contribution is -2.38. The third-order valence-electron chi connectivity index (χ3n) is 5.48. The molecule has 3 rings (SSSR count). The van der Waals surface area contributed by atoms with Gasteiger partial charge in [0.15, 0.2) is 0 Å². The third-order valence-corrected chi connectivity index (χ3v) is 5.48. The van der Waals surface area contributed by atoms with Crippen molar-refractivity contribution in [1.82, 2.24) is 10.6 Å². The van der Waals surface area contributed by atoms with Gasteiger partial charge in [0.25, 0.3) is 0 Å². The van der Waals surface area contributed by atoms with Crippen LogP contribution in [0.1, 0.15) is 50.7 Å². The number of hydrogen-bond donors (Lipinski definition) is 2. The third kappa shape index (κ3) is 6.08. The molecule has 30 heavy (non-hydrogen) atoms. The zero-order valence-electron chi connectivity index (χ0n) is 18.1. The summed E-state index contributed by atoms with van der Waals surface area (Å²) in [7, 11) is 0. The van der Waals surface area contributed by atoms with E-state index in [0.29, 0.717) is 18.0 Å². The molecule has 0 radical (unpaired) electrons. The normalized spacial score (nSPS) is 15.8. The van der Waals surface area contributed by atoms with Crippen LogP contribution in [0.2, 0.25) is 0 Å². The van der Waals surface area contributed by atoms with Crippen LogP contribution in [0.3, 0.4) is 0 Å². The van der Waals surface area contributed by atoms with Crippen LogP contribution in [0.5, 0.6) is 0 Å². The Hall–Kier alpha value is -2.84. The molecule has 2 N–H and O–H groups in total. The molecule has 1 saturated heterocycles. The Balaban J connectivity index is 1.77. The maximum absolute atomic E-state index is 12.2. The van der Waals surface area contributed by atoms with Crippen LogP contribution in [0.25, 0.3) is 11.1 Å². The Morgan fingerprint density at radius 3 is 2.50 bits per heavy atom. The predicted molar refractivity (Wildman–Crippen MR) is 119 cm³/mol. The molecule has 1 unspecified atom stereocenters. The van der Waals surface area contributed by atoms with Crippen LogP contribution in [-0.4, -0.2) is 31.3 Å². The van der Waals surface area contributed by atoms with Crippen molar-refractivity contribution in [1.29, 1.82) is 5.26 Å². The van der Waals surface area contributed by atoms with E-state index in [1.165, 1.54) is 5.56 Å². The number of benzene rings is 2. The Bertz CT molecular complexity index is 888. The molecule has 0 bridgehead atoms. The first-order valence-electron chi connectivity index (χ1n) is 10.6. The Morgan fingerprint density at radius 2 is 1.87 bits per heavy atom. The van der Waals surface area contributed by atoms with E-state index in [1.54, 1.807) is 0 Å². The molecule has 1 amide bonds. The minimum atomic E-state index is -0.506. The Labute approximate surface area is 179 Å². The van der Waals surface area contributed by atoms with E-state index in [-0.39, 0.29) is 12.0 Å². The number of piperidine rings is 1. The lowest BCUT2D eigenvalue weighted by Gasteiger charge is -2.31. The lowest BCUT2D eigenvalue weighted by molar-refractivity contribution is 0.0519. The van der Waals surface area contributed by atoms with Crippen molar-refractivity contribution in [2.75, 3.05) is 19.6 Å². The largest absolute Gasteiger partial charge is 0.444 e. The summed E-state index contributed by atoms with van der Waals surface area (Å²) in [5.41, 5.74) is 3.49. The molecule has 2 aromatic carbocycles. The minimum Gasteiger partial charge on any atom is -0.444 e. The van der Waals surface area contributed by atoms with E-state index < -0.39 is 5.60 Å². The first-order valence-corrected chi connectivity index (χ1v) is 10.6. The summed E-state index contributed by atoms with van der Waals surface area (Å²) in [4.78, 5) is 12.2. The van der Waals surface area contributed by atoms with Crippen LogP contribution in [0.15, 0.2) is 48.5 Å². The van der Waals surface area contributed by atoms with Crippen LogP contribution >= 0.6 is 0 Å². The van der Waals surface area contributed by atoms with Crippen molar-refractivity contribution in [3.8, 4) is 17.2 Å². The molecule has 1 aliphatic heterocycles. The number of nitriles is 1. The molecule has 0 saturated carbocycles. The van der Waals surface area contributed by atoms with Gasteiger partial charge in [0.05, 0.1) is 11.6 Å². The molecule has 1 heterocycles. The molecule has 5 nitrogen and oxygen atoms in total. The van der Waals surface area contributed by atoms with E-state index >= 15 is 0 Å². The molecular weight excluding hydrogens is 374 g/mol. The number of alkyl carbamates (subject to hydrolysis) is 1. The molecule has 0 aromatic heterocycles.